The highest BCUT2D eigenvalue weighted by Gasteiger charge is 2.14. The van der Waals surface area contributed by atoms with Crippen molar-refractivity contribution in [1.29, 1.82) is 0 Å². The summed E-state index contributed by atoms with van der Waals surface area (Å²) in [5, 5.41) is 14.2. The molecule has 1 aromatic carbocycles. The highest BCUT2D eigenvalue weighted by atomic mass is 16.2. The van der Waals surface area contributed by atoms with E-state index < -0.39 is 0 Å². The molecule has 0 spiro atoms. The molecule has 8 heteroatoms. The van der Waals surface area contributed by atoms with Crippen molar-refractivity contribution in [3.05, 3.63) is 46.8 Å². The molecule has 0 saturated heterocycles. The Morgan fingerprint density at radius 3 is 2.63 bits per heavy atom. The Morgan fingerprint density at radius 2 is 2.03 bits per heavy atom. The molecule has 0 aliphatic rings. The number of likely N-dealkylation sites (N-methyl/N-ethyl adjacent to an activating group) is 1. The van der Waals surface area contributed by atoms with Crippen LogP contribution in [0.1, 0.15) is 29.4 Å². The van der Waals surface area contributed by atoms with E-state index in [0.29, 0.717) is 13.1 Å². The molecule has 0 bridgehead atoms. The van der Waals surface area contributed by atoms with E-state index in [4.69, 9.17) is 0 Å². The van der Waals surface area contributed by atoms with Crippen molar-refractivity contribution in [3.63, 3.8) is 0 Å². The van der Waals surface area contributed by atoms with Gasteiger partial charge in [-0.2, -0.15) is 5.10 Å². The Morgan fingerprint density at radius 1 is 1.30 bits per heavy atom. The summed E-state index contributed by atoms with van der Waals surface area (Å²) < 4.78 is 1.93. The SMILES string of the molecule is CN=C(NCc1cccc(NC(=O)CN(C)C)c1)NC(C)Cc1c(C)nn(C)c1C. The monoisotopic (exact) mass is 413 g/mol. The summed E-state index contributed by atoms with van der Waals surface area (Å²) in [5.41, 5.74) is 5.39. The number of nitrogens with one attached hydrogen (secondary N) is 3. The van der Waals surface area contributed by atoms with Crippen molar-refractivity contribution in [2.45, 2.75) is 39.8 Å². The molecular formula is C22H35N7O. The lowest BCUT2D eigenvalue weighted by atomic mass is 10.1. The number of anilines is 1. The molecule has 2 rings (SSSR count). The molecule has 0 fully saturated rings. The highest BCUT2D eigenvalue weighted by molar-refractivity contribution is 5.92. The Kier molecular flexibility index (Phi) is 8.41. The van der Waals surface area contributed by atoms with Crippen LogP contribution in [0.3, 0.4) is 0 Å². The molecule has 3 N–H and O–H groups in total. The predicted octanol–water partition coefficient (Wildman–Crippen LogP) is 1.83. The lowest BCUT2D eigenvalue weighted by Gasteiger charge is -2.18. The van der Waals surface area contributed by atoms with Gasteiger partial charge in [-0.15, -0.1) is 0 Å². The van der Waals surface area contributed by atoms with Gasteiger partial charge in [0.05, 0.1) is 12.2 Å². The number of benzene rings is 1. The Labute approximate surface area is 179 Å². The number of nitrogens with zero attached hydrogens (tertiary/aromatic N) is 4. The molecule has 0 radical (unpaired) electrons. The van der Waals surface area contributed by atoms with Crippen LogP contribution in [0, 0.1) is 13.8 Å². The predicted molar refractivity (Wildman–Crippen MR) is 123 cm³/mol. The van der Waals surface area contributed by atoms with Crippen molar-refractivity contribution >= 4 is 17.6 Å². The minimum absolute atomic E-state index is 0.0302. The lowest BCUT2D eigenvalue weighted by molar-refractivity contribution is -0.116. The molecule has 1 unspecified atom stereocenters. The van der Waals surface area contributed by atoms with Crippen LogP contribution in [-0.4, -0.2) is 60.3 Å². The minimum atomic E-state index is -0.0302. The van der Waals surface area contributed by atoms with Crippen LogP contribution in [0.2, 0.25) is 0 Å². The molecule has 0 aliphatic heterocycles. The number of hydrogen-bond acceptors (Lipinski definition) is 4. The fourth-order valence-electron chi connectivity index (χ4n) is 3.33. The van der Waals surface area contributed by atoms with E-state index in [2.05, 4.69) is 39.9 Å². The number of rotatable bonds is 8. The van der Waals surface area contributed by atoms with Crippen LogP contribution < -0.4 is 16.0 Å². The third kappa shape index (κ3) is 6.88. The zero-order chi connectivity index (χ0) is 22.3. The first-order valence-corrected chi connectivity index (χ1v) is 10.2. The average molecular weight is 414 g/mol. The maximum absolute atomic E-state index is 12.0. The molecule has 1 aromatic heterocycles. The van der Waals surface area contributed by atoms with E-state index in [1.165, 1.54) is 11.3 Å². The second kappa shape index (κ2) is 10.8. The van der Waals surface area contributed by atoms with E-state index in [-0.39, 0.29) is 11.9 Å². The summed E-state index contributed by atoms with van der Waals surface area (Å²) in [6.07, 6.45) is 0.875. The summed E-state index contributed by atoms with van der Waals surface area (Å²) in [4.78, 5) is 18.1. The average Bonchev–Trinajstić information content (AvgIpc) is 2.90. The fourth-order valence-corrected chi connectivity index (χ4v) is 3.33. The van der Waals surface area contributed by atoms with Gasteiger partial charge >= 0.3 is 0 Å². The first-order valence-electron chi connectivity index (χ1n) is 10.2. The van der Waals surface area contributed by atoms with Gasteiger partial charge in [-0.1, -0.05) is 12.1 Å². The number of aryl methyl sites for hydroxylation is 2. The maximum atomic E-state index is 12.0. The molecule has 1 atom stereocenters. The molecule has 164 valence electrons. The summed E-state index contributed by atoms with van der Waals surface area (Å²) in [6.45, 7) is 7.24. The van der Waals surface area contributed by atoms with Gasteiger partial charge in [0.2, 0.25) is 5.91 Å². The number of aliphatic imine (C=N–C) groups is 1. The zero-order valence-electron chi connectivity index (χ0n) is 19.2. The third-order valence-electron chi connectivity index (χ3n) is 4.91. The Balaban J connectivity index is 1.91. The zero-order valence-corrected chi connectivity index (χ0v) is 19.2. The van der Waals surface area contributed by atoms with E-state index in [9.17, 15) is 4.79 Å². The summed E-state index contributed by atoms with van der Waals surface area (Å²) in [5.74, 6) is 0.709. The number of carbonyl (C=O) groups excluding carboxylic acids is 1. The summed E-state index contributed by atoms with van der Waals surface area (Å²) in [7, 11) is 7.48. The topological polar surface area (TPSA) is 86.6 Å². The molecule has 8 nitrogen and oxygen atoms in total. The van der Waals surface area contributed by atoms with Crippen molar-refractivity contribution in [3.8, 4) is 0 Å². The number of hydrogen-bond donors (Lipinski definition) is 3. The van der Waals surface area contributed by atoms with E-state index in [1.54, 1.807) is 7.05 Å². The molecule has 0 aliphatic carbocycles. The van der Waals surface area contributed by atoms with Gasteiger partial charge in [0.1, 0.15) is 0 Å². The van der Waals surface area contributed by atoms with Gasteiger partial charge in [-0.25, -0.2) is 0 Å². The number of aromatic nitrogens is 2. The first-order chi connectivity index (χ1) is 14.2. The Bertz CT molecular complexity index is 886. The van der Waals surface area contributed by atoms with Crippen LogP contribution in [0.5, 0.6) is 0 Å². The molecule has 1 heterocycles. The van der Waals surface area contributed by atoms with Gasteiger partial charge in [0, 0.05) is 38.1 Å². The number of guanidine groups is 1. The fraction of sp³-hybridized carbons (Fsp3) is 0.500. The highest BCUT2D eigenvalue weighted by Crippen LogP contribution is 2.14. The van der Waals surface area contributed by atoms with Crippen LogP contribution in [0.15, 0.2) is 29.3 Å². The molecule has 1 amide bonds. The first kappa shape index (κ1) is 23.4. The van der Waals surface area contributed by atoms with Crippen LogP contribution in [0.4, 0.5) is 5.69 Å². The van der Waals surface area contributed by atoms with E-state index in [0.717, 1.165) is 29.3 Å². The normalized spacial score (nSPS) is 12.7. The van der Waals surface area contributed by atoms with Crippen LogP contribution in [0.25, 0.3) is 0 Å². The maximum Gasteiger partial charge on any atom is 0.238 e. The standard InChI is InChI=1S/C22H35N7O/c1-15(11-20-16(2)27-29(7)17(20)3)25-22(23-4)24-13-18-9-8-10-19(12-18)26-21(30)14-28(5)6/h8-10,12,15H,11,13-14H2,1-7H3,(H,26,30)(H2,23,24,25). The van der Waals surface area contributed by atoms with Gasteiger partial charge in [0.25, 0.3) is 0 Å². The number of carbonyl (C=O) groups is 1. The van der Waals surface area contributed by atoms with E-state index in [1.807, 2.05) is 61.9 Å². The van der Waals surface area contributed by atoms with Gasteiger partial charge < -0.3 is 20.9 Å². The van der Waals surface area contributed by atoms with Crippen LogP contribution in [-0.2, 0) is 24.8 Å². The smallest absolute Gasteiger partial charge is 0.238 e. The Hall–Kier alpha value is -2.87. The lowest BCUT2D eigenvalue weighted by Crippen LogP contribution is -2.42. The van der Waals surface area contributed by atoms with Crippen molar-refractivity contribution in [2.75, 3.05) is 33.0 Å². The molecule has 30 heavy (non-hydrogen) atoms. The number of amides is 1. The summed E-state index contributed by atoms with van der Waals surface area (Å²) in [6, 6.07) is 8.03. The van der Waals surface area contributed by atoms with Crippen molar-refractivity contribution in [2.24, 2.45) is 12.0 Å². The molecular weight excluding hydrogens is 378 g/mol. The second-order valence-corrected chi connectivity index (χ2v) is 7.93. The van der Waals surface area contributed by atoms with Gasteiger partial charge in [0.15, 0.2) is 5.96 Å². The minimum Gasteiger partial charge on any atom is -0.354 e. The van der Waals surface area contributed by atoms with Gasteiger partial charge in [-0.3, -0.25) is 14.5 Å². The van der Waals surface area contributed by atoms with Gasteiger partial charge in [-0.05, 0) is 64.5 Å². The summed E-state index contributed by atoms with van der Waals surface area (Å²) >= 11 is 0. The molecule has 0 saturated carbocycles. The van der Waals surface area contributed by atoms with E-state index >= 15 is 0 Å². The second-order valence-electron chi connectivity index (χ2n) is 7.93. The van der Waals surface area contributed by atoms with Crippen molar-refractivity contribution in [1.82, 2.24) is 25.3 Å². The van der Waals surface area contributed by atoms with Crippen molar-refractivity contribution < 1.29 is 4.79 Å². The van der Waals surface area contributed by atoms with Crippen LogP contribution >= 0.6 is 0 Å². The third-order valence-corrected chi connectivity index (χ3v) is 4.91. The molecule has 2 aromatic rings. The quantitative estimate of drug-likeness (QED) is 0.454. The largest absolute Gasteiger partial charge is 0.354 e.